The molecule has 0 aliphatic carbocycles. The summed E-state index contributed by atoms with van der Waals surface area (Å²) in [6, 6.07) is 9.65. The molecule has 27 heavy (non-hydrogen) atoms. The number of amides is 1. The molecular weight excluding hydrogens is 349 g/mol. The lowest BCUT2D eigenvalue weighted by Crippen LogP contribution is -2.53. The number of carbonyl (C=O) groups is 1. The summed E-state index contributed by atoms with van der Waals surface area (Å²) in [4.78, 5) is 18.4. The van der Waals surface area contributed by atoms with Crippen LogP contribution >= 0.6 is 0 Å². The second-order valence-electron chi connectivity index (χ2n) is 6.68. The minimum atomic E-state index is -0.359. The Morgan fingerprint density at radius 1 is 1.41 bits per heavy atom. The van der Waals surface area contributed by atoms with Gasteiger partial charge in [0.2, 0.25) is 5.91 Å². The zero-order valence-corrected chi connectivity index (χ0v) is 15.3. The smallest absolute Gasteiger partial charge is 0.234 e. The number of likely N-dealkylation sites (N-methyl/N-ethyl adjacent to an activating group) is 1. The fourth-order valence-corrected chi connectivity index (χ4v) is 3.07. The van der Waals surface area contributed by atoms with Gasteiger partial charge in [0.05, 0.1) is 19.2 Å². The number of hydrogen-bond acceptors (Lipinski definition) is 5. The van der Waals surface area contributed by atoms with E-state index in [1.54, 1.807) is 24.5 Å². The van der Waals surface area contributed by atoms with Crippen LogP contribution in [0.5, 0.6) is 5.75 Å². The quantitative estimate of drug-likeness (QED) is 0.804. The number of halogens is 1. The van der Waals surface area contributed by atoms with Gasteiger partial charge in [-0.3, -0.25) is 14.7 Å². The molecule has 0 saturated carbocycles. The molecule has 1 aliphatic heterocycles. The van der Waals surface area contributed by atoms with E-state index in [1.165, 1.54) is 12.1 Å². The average molecular weight is 373 g/mol. The van der Waals surface area contributed by atoms with Crippen LogP contribution in [0.3, 0.4) is 0 Å². The minimum absolute atomic E-state index is 0.0823. The van der Waals surface area contributed by atoms with Crippen LogP contribution in [0, 0.1) is 5.82 Å². The van der Waals surface area contributed by atoms with Gasteiger partial charge in [-0.05, 0) is 37.2 Å². The average Bonchev–Trinajstić information content (AvgIpc) is 2.64. The predicted octanol–water partition coefficient (Wildman–Crippen LogP) is 2.01. The number of nitrogens with zero attached hydrogens (tertiary/aromatic N) is 2. The lowest BCUT2D eigenvalue weighted by Gasteiger charge is -2.32. The van der Waals surface area contributed by atoms with Crippen molar-refractivity contribution in [3.8, 4) is 5.75 Å². The van der Waals surface area contributed by atoms with Gasteiger partial charge in [-0.25, -0.2) is 4.39 Å². The summed E-state index contributed by atoms with van der Waals surface area (Å²) in [6.07, 6.45) is 3.81. The molecule has 1 aliphatic rings. The van der Waals surface area contributed by atoms with E-state index in [0.29, 0.717) is 31.9 Å². The summed E-state index contributed by atoms with van der Waals surface area (Å²) in [5, 5.41) is 3.03. The molecule has 0 spiro atoms. The molecule has 0 unspecified atom stereocenters. The second kappa shape index (κ2) is 9.43. The molecule has 1 aromatic carbocycles. The molecular formula is C20H24FN3O3. The Hall–Kier alpha value is -2.51. The van der Waals surface area contributed by atoms with E-state index in [-0.39, 0.29) is 30.4 Å². The van der Waals surface area contributed by atoms with Crippen LogP contribution in [0.25, 0.3) is 0 Å². The zero-order chi connectivity index (χ0) is 19.1. The number of aromatic nitrogens is 1. The van der Waals surface area contributed by atoms with Crippen molar-refractivity contribution in [1.29, 1.82) is 0 Å². The van der Waals surface area contributed by atoms with Gasteiger partial charge in [-0.2, -0.15) is 0 Å². The highest BCUT2D eigenvalue weighted by Gasteiger charge is 2.29. The van der Waals surface area contributed by atoms with Gasteiger partial charge in [0.25, 0.3) is 0 Å². The van der Waals surface area contributed by atoms with Crippen molar-refractivity contribution < 1.29 is 18.7 Å². The van der Waals surface area contributed by atoms with Gasteiger partial charge in [-0.15, -0.1) is 0 Å². The number of hydrogen-bond donors (Lipinski definition) is 1. The molecule has 1 amide bonds. The second-order valence-corrected chi connectivity index (χ2v) is 6.68. The number of nitrogens with one attached hydrogen (secondary N) is 1. The summed E-state index contributed by atoms with van der Waals surface area (Å²) in [6.45, 7) is 1.81. The van der Waals surface area contributed by atoms with Crippen molar-refractivity contribution in [1.82, 2.24) is 15.2 Å². The first-order valence-electron chi connectivity index (χ1n) is 8.97. The lowest BCUT2D eigenvalue weighted by molar-refractivity contribution is -0.124. The third-order valence-corrected chi connectivity index (χ3v) is 4.32. The van der Waals surface area contributed by atoms with Crippen LogP contribution in [0.2, 0.25) is 0 Å². The fraction of sp³-hybridized carbons (Fsp3) is 0.400. The Morgan fingerprint density at radius 3 is 3.07 bits per heavy atom. The van der Waals surface area contributed by atoms with E-state index in [1.807, 2.05) is 24.1 Å². The molecule has 7 heteroatoms. The maximum atomic E-state index is 13.4. The van der Waals surface area contributed by atoms with E-state index in [0.717, 1.165) is 5.56 Å². The highest BCUT2D eigenvalue weighted by Crippen LogP contribution is 2.18. The van der Waals surface area contributed by atoms with Crippen LogP contribution in [0.15, 0.2) is 48.8 Å². The highest BCUT2D eigenvalue weighted by atomic mass is 19.1. The molecule has 1 fully saturated rings. The van der Waals surface area contributed by atoms with Crippen molar-refractivity contribution in [3.63, 3.8) is 0 Å². The van der Waals surface area contributed by atoms with Gasteiger partial charge in [0.1, 0.15) is 17.7 Å². The van der Waals surface area contributed by atoms with Crippen molar-refractivity contribution >= 4 is 5.91 Å². The zero-order valence-electron chi connectivity index (χ0n) is 15.3. The standard InChI is InChI=1S/C20H24FN3O3/c1-24(12-15-4-3-8-22-11-15)13-20(25)23-18-7-9-26-14-19(18)27-17-6-2-5-16(21)10-17/h2-6,8,10-11,18-19H,7,9,12-14H2,1H3,(H,23,25)/t18-,19-/m1/s1. The van der Waals surface area contributed by atoms with E-state index in [2.05, 4.69) is 10.3 Å². The molecule has 1 aromatic heterocycles. The summed E-state index contributed by atoms with van der Waals surface area (Å²) < 4.78 is 24.7. The normalized spacial score (nSPS) is 19.7. The maximum absolute atomic E-state index is 13.4. The van der Waals surface area contributed by atoms with Crippen LogP contribution in [-0.4, -0.2) is 54.7 Å². The summed E-state index contributed by atoms with van der Waals surface area (Å²) in [5.41, 5.74) is 1.05. The van der Waals surface area contributed by atoms with E-state index < -0.39 is 0 Å². The topological polar surface area (TPSA) is 63.7 Å². The van der Waals surface area contributed by atoms with Gasteiger partial charge in [-0.1, -0.05) is 12.1 Å². The first kappa shape index (κ1) is 19.3. The molecule has 3 rings (SSSR count). The molecule has 6 nitrogen and oxygen atoms in total. The van der Waals surface area contributed by atoms with E-state index >= 15 is 0 Å². The Bertz CT molecular complexity index is 744. The number of benzene rings is 1. The molecule has 0 bridgehead atoms. The molecule has 1 saturated heterocycles. The van der Waals surface area contributed by atoms with Crippen molar-refractivity contribution in [2.24, 2.45) is 0 Å². The van der Waals surface area contributed by atoms with Crippen molar-refractivity contribution in [2.75, 3.05) is 26.8 Å². The number of rotatable bonds is 7. The molecule has 2 aromatic rings. The molecule has 144 valence electrons. The van der Waals surface area contributed by atoms with E-state index in [9.17, 15) is 9.18 Å². The third kappa shape index (κ3) is 6.01. The Balaban J connectivity index is 1.53. The first-order valence-corrected chi connectivity index (χ1v) is 8.97. The van der Waals surface area contributed by atoms with E-state index in [4.69, 9.17) is 9.47 Å². The van der Waals surface area contributed by atoms with Crippen LogP contribution in [0.1, 0.15) is 12.0 Å². The largest absolute Gasteiger partial charge is 0.486 e. The SMILES string of the molecule is CN(CC(=O)N[C@@H]1CCOC[C@H]1Oc1cccc(F)c1)Cc1cccnc1. The van der Waals surface area contributed by atoms with Crippen molar-refractivity contribution in [3.05, 3.63) is 60.2 Å². The monoisotopic (exact) mass is 373 g/mol. The maximum Gasteiger partial charge on any atom is 0.234 e. The minimum Gasteiger partial charge on any atom is -0.486 e. The van der Waals surface area contributed by atoms with Crippen LogP contribution in [-0.2, 0) is 16.1 Å². The third-order valence-electron chi connectivity index (χ3n) is 4.32. The number of carbonyl (C=O) groups excluding carboxylic acids is 1. The summed E-state index contributed by atoms with van der Waals surface area (Å²) >= 11 is 0. The predicted molar refractivity (Wildman–Crippen MR) is 98.8 cm³/mol. The molecule has 2 heterocycles. The first-order chi connectivity index (χ1) is 13.1. The Labute approximate surface area is 158 Å². The van der Waals surface area contributed by atoms with Gasteiger partial charge < -0.3 is 14.8 Å². The van der Waals surface area contributed by atoms with Gasteiger partial charge in [0.15, 0.2) is 0 Å². The van der Waals surface area contributed by atoms with Gasteiger partial charge >= 0.3 is 0 Å². The fourth-order valence-electron chi connectivity index (χ4n) is 3.07. The van der Waals surface area contributed by atoms with Crippen LogP contribution in [0.4, 0.5) is 4.39 Å². The molecule has 1 N–H and O–H groups in total. The summed E-state index contributed by atoms with van der Waals surface area (Å²) in [7, 11) is 1.89. The molecule has 0 radical (unpaired) electrons. The summed E-state index contributed by atoms with van der Waals surface area (Å²) in [5.74, 6) is -0.0126. The van der Waals surface area contributed by atoms with Crippen molar-refractivity contribution in [2.45, 2.75) is 25.1 Å². The van der Waals surface area contributed by atoms with Crippen LogP contribution < -0.4 is 10.1 Å². The Kier molecular flexibility index (Phi) is 6.73. The highest BCUT2D eigenvalue weighted by molar-refractivity contribution is 5.78. The number of ether oxygens (including phenoxy) is 2. The number of pyridine rings is 1. The van der Waals surface area contributed by atoms with Gasteiger partial charge in [0, 0.05) is 31.6 Å². The Morgan fingerprint density at radius 2 is 2.30 bits per heavy atom. The lowest BCUT2D eigenvalue weighted by atomic mass is 10.1. The molecule has 2 atom stereocenters.